The van der Waals surface area contributed by atoms with E-state index in [1.165, 1.54) is 0 Å². The first-order valence-corrected chi connectivity index (χ1v) is 6.17. The largest absolute Gasteiger partial charge is 0.477 e. The standard InChI is InChI=1S/C15H16N2O2/c1-15(2,10-16)7-8-17-12-6-4-3-5-11(12)9-13(17)14(18)19/h3-6,9H,7-8H2,1-2H3,(H,18,19). The van der Waals surface area contributed by atoms with Crippen molar-refractivity contribution >= 4 is 16.9 Å². The summed E-state index contributed by atoms with van der Waals surface area (Å²) in [6.07, 6.45) is 0.614. The Morgan fingerprint density at radius 2 is 2.11 bits per heavy atom. The van der Waals surface area contributed by atoms with Gasteiger partial charge in [-0.25, -0.2) is 4.79 Å². The molecular formula is C15H16N2O2. The first kappa shape index (κ1) is 13.2. The summed E-state index contributed by atoms with van der Waals surface area (Å²) in [6, 6.07) is 11.5. The topological polar surface area (TPSA) is 66.0 Å². The number of aromatic carboxylic acids is 1. The second-order valence-electron chi connectivity index (χ2n) is 5.29. The molecule has 0 aliphatic rings. The summed E-state index contributed by atoms with van der Waals surface area (Å²) >= 11 is 0. The first-order valence-electron chi connectivity index (χ1n) is 6.17. The Morgan fingerprint density at radius 1 is 1.42 bits per heavy atom. The van der Waals surface area contributed by atoms with Crippen LogP contribution >= 0.6 is 0 Å². The molecule has 1 aromatic heterocycles. The molecule has 1 N–H and O–H groups in total. The lowest BCUT2D eigenvalue weighted by atomic mass is 9.91. The van der Waals surface area contributed by atoms with Gasteiger partial charge in [0.15, 0.2) is 0 Å². The van der Waals surface area contributed by atoms with Crippen LogP contribution in [0.15, 0.2) is 30.3 Å². The Balaban J connectivity index is 2.43. The molecule has 0 saturated heterocycles. The van der Waals surface area contributed by atoms with Crippen molar-refractivity contribution in [3.05, 3.63) is 36.0 Å². The molecule has 2 aromatic rings. The quantitative estimate of drug-likeness (QED) is 0.912. The molecule has 0 amide bonds. The maximum absolute atomic E-state index is 11.3. The molecule has 4 heteroatoms. The predicted molar refractivity (Wildman–Crippen MR) is 72.9 cm³/mol. The van der Waals surface area contributed by atoms with Gasteiger partial charge in [0.25, 0.3) is 0 Å². The second kappa shape index (κ2) is 4.77. The van der Waals surface area contributed by atoms with Gasteiger partial charge in [0.05, 0.1) is 11.5 Å². The van der Waals surface area contributed by atoms with Crippen LogP contribution in [-0.2, 0) is 6.54 Å². The van der Waals surface area contributed by atoms with Crippen LogP contribution in [-0.4, -0.2) is 15.6 Å². The highest BCUT2D eigenvalue weighted by Crippen LogP contribution is 2.24. The first-order chi connectivity index (χ1) is 8.94. The van der Waals surface area contributed by atoms with Crippen LogP contribution in [0, 0.1) is 16.7 Å². The molecule has 19 heavy (non-hydrogen) atoms. The normalized spacial score (nSPS) is 11.4. The maximum atomic E-state index is 11.3. The van der Waals surface area contributed by atoms with Gasteiger partial charge in [0.1, 0.15) is 5.69 Å². The highest BCUT2D eigenvalue weighted by molar-refractivity contribution is 5.94. The molecule has 0 saturated carbocycles. The van der Waals surface area contributed by atoms with Gasteiger partial charge in [0.2, 0.25) is 0 Å². The van der Waals surface area contributed by atoms with Gasteiger partial charge < -0.3 is 9.67 Å². The zero-order valence-electron chi connectivity index (χ0n) is 11.1. The Labute approximate surface area is 111 Å². The lowest BCUT2D eigenvalue weighted by molar-refractivity contribution is 0.0685. The lowest BCUT2D eigenvalue weighted by Crippen LogP contribution is -2.15. The third-order valence-corrected chi connectivity index (χ3v) is 3.29. The summed E-state index contributed by atoms with van der Waals surface area (Å²) in [5, 5.41) is 19.2. The second-order valence-corrected chi connectivity index (χ2v) is 5.29. The Hall–Kier alpha value is -2.28. The fourth-order valence-electron chi connectivity index (χ4n) is 2.08. The molecule has 0 bridgehead atoms. The van der Waals surface area contributed by atoms with E-state index in [1.807, 2.05) is 38.1 Å². The van der Waals surface area contributed by atoms with Crippen molar-refractivity contribution < 1.29 is 9.90 Å². The minimum atomic E-state index is -0.939. The number of fused-ring (bicyclic) bond motifs is 1. The van der Waals surface area contributed by atoms with Crippen molar-refractivity contribution in [3.8, 4) is 6.07 Å². The van der Waals surface area contributed by atoms with E-state index in [1.54, 1.807) is 10.6 Å². The molecule has 1 heterocycles. The molecule has 98 valence electrons. The number of carboxylic acid groups (broad SMARTS) is 1. The van der Waals surface area contributed by atoms with E-state index in [-0.39, 0.29) is 5.69 Å². The Bertz CT molecular complexity index is 662. The summed E-state index contributed by atoms with van der Waals surface area (Å²) in [7, 11) is 0. The molecule has 0 aliphatic carbocycles. The smallest absolute Gasteiger partial charge is 0.352 e. The van der Waals surface area contributed by atoms with Crippen LogP contribution in [0.4, 0.5) is 0 Å². The predicted octanol–water partition coefficient (Wildman–Crippen LogP) is 3.28. The lowest BCUT2D eigenvalue weighted by Gasteiger charge is -2.16. The number of rotatable bonds is 4. The molecule has 0 fully saturated rings. The number of carbonyl (C=O) groups is 1. The van der Waals surface area contributed by atoms with Gasteiger partial charge in [-0.3, -0.25) is 0 Å². The average Bonchev–Trinajstić information content (AvgIpc) is 2.75. The zero-order valence-corrected chi connectivity index (χ0v) is 11.1. The van der Waals surface area contributed by atoms with Crippen molar-refractivity contribution in [3.63, 3.8) is 0 Å². The van der Waals surface area contributed by atoms with E-state index >= 15 is 0 Å². The van der Waals surface area contributed by atoms with Crippen LogP contribution in [0.2, 0.25) is 0 Å². The average molecular weight is 256 g/mol. The third-order valence-electron chi connectivity index (χ3n) is 3.29. The van der Waals surface area contributed by atoms with E-state index in [0.717, 1.165) is 10.9 Å². The number of nitriles is 1. The highest BCUT2D eigenvalue weighted by Gasteiger charge is 2.20. The van der Waals surface area contributed by atoms with Gasteiger partial charge in [0, 0.05) is 17.4 Å². The maximum Gasteiger partial charge on any atom is 0.352 e. The molecule has 2 rings (SSSR count). The minimum Gasteiger partial charge on any atom is -0.477 e. The molecule has 0 radical (unpaired) electrons. The SMILES string of the molecule is CC(C)(C#N)CCn1c(C(=O)O)cc2ccccc21. The number of carboxylic acids is 1. The van der Waals surface area contributed by atoms with E-state index in [2.05, 4.69) is 6.07 Å². The molecule has 0 spiro atoms. The number of para-hydroxylation sites is 1. The number of aryl methyl sites for hydroxylation is 1. The van der Waals surface area contributed by atoms with Crippen molar-refractivity contribution in [1.82, 2.24) is 4.57 Å². The summed E-state index contributed by atoms with van der Waals surface area (Å²) in [5.74, 6) is -0.939. The molecular weight excluding hydrogens is 240 g/mol. The van der Waals surface area contributed by atoms with Crippen molar-refractivity contribution in [2.24, 2.45) is 5.41 Å². The number of hydrogen-bond acceptors (Lipinski definition) is 2. The number of nitrogens with zero attached hydrogens (tertiary/aromatic N) is 2. The summed E-state index contributed by atoms with van der Waals surface area (Å²) < 4.78 is 1.77. The summed E-state index contributed by atoms with van der Waals surface area (Å²) in [5.41, 5.74) is 0.713. The van der Waals surface area contributed by atoms with E-state index < -0.39 is 11.4 Å². The van der Waals surface area contributed by atoms with E-state index in [9.17, 15) is 9.90 Å². The van der Waals surface area contributed by atoms with Crippen LogP contribution in [0.25, 0.3) is 10.9 Å². The van der Waals surface area contributed by atoms with Gasteiger partial charge in [-0.15, -0.1) is 0 Å². The molecule has 0 aliphatic heterocycles. The highest BCUT2D eigenvalue weighted by atomic mass is 16.4. The van der Waals surface area contributed by atoms with E-state index in [4.69, 9.17) is 5.26 Å². The fraction of sp³-hybridized carbons (Fsp3) is 0.333. The van der Waals surface area contributed by atoms with Crippen LogP contribution in [0.3, 0.4) is 0 Å². The van der Waals surface area contributed by atoms with Gasteiger partial charge in [-0.05, 0) is 32.4 Å². The van der Waals surface area contributed by atoms with Crippen molar-refractivity contribution in [2.45, 2.75) is 26.8 Å². The Kier molecular flexibility index (Phi) is 3.30. The van der Waals surface area contributed by atoms with Crippen molar-refractivity contribution in [2.75, 3.05) is 0 Å². The minimum absolute atomic E-state index is 0.273. The van der Waals surface area contributed by atoms with Crippen LogP contribution in [0.5, 0.6) is 0 Å². The van der Waals surface area contributed by atoms with Crippen LogP contribution < -0.4 is 0 Å². The van der Waals surface area contributed by atoms with Gasteiger partial charge in [-0.1, -0.05) is 18.2 Å². The summed E-state index contributed by atoms with van der Waals surface area (Å²) in [4.78, 5) is 11.3. The zero-order chi connectivity index (χ0) is 14.0. The molecule has 0 atom stereocenters. The molecule has 1 aromatic carbocycles. The van der Waals surface area contributed by atoms with Gasteiger partial charge in [-0.2, -0.15) is 5.26 Å². The monoisotopic (exact) mass is 256 g/mol. The Morgan fingerprint density at radius 3 is 2.74 bits per heavy atom. The molecule has 4 nitrogen and oxygen atoms in total. The number of hydrogen-bond donors (Lipinski definition) is 1. The molecule has 0 unspecified atom stereocenters. The van der Waals surface area contributed by atoms with Crippen LogP contribution in [0.1, 0.15) is 30.8 Å². The van der Waals surface area contributed by atoms with E-state index in [0.29, 0.717) is 13.0 Å². The third kappa shape index (κ3) is 2.60. The number of benzene rings is 1. The fourth-order valence-corrected chi connectivity index (χ4v) is 2.08. The van der Waals surface area contributed by atoms with Gasteiger partial charge >= 0.3 is 5.97 Å². The van der Waals surface area contributed by atoms with Crippen molar-refractivity contribution in [1.29, 1.82) is 5.26 Å². The number of aromatic nitrogens is 1. The summed E-state index contributed by atoms with van der Waals surface area (Å²) in [6.45, 7) is 4.24.